The van der Waals surface area contributed by atoms with Crippen LogP contribution in [0.2, 0.25) is 0 Å². The molecule has 2 heterocycles. The molecule has 3 nitrogen and oxygen atoms in total. The third kappa shape index (κ3) is 3.29. The molecule has 1 aromatic rings. The highest BCUT2D eigenvalue weighted by Crippen LogP contribution is 2.30. The Labute approximate surface area is 129 Å². The van der Waals surface area contributed by atoms with Gasteiger partial charge in [-0.25, -0.2) is 8.78 Å². The van der Waals surface area contributed by atoms with Crippen molar-refractivity contribution >= 4 is 11.6 Å². The molecule has 1 amide bonds. The van der Waals surface area contributed by atoms with Crippen molar-refractivity contribution < 1.29 is 13.6 Å². The van der Waals surface area contributed by atoms with Gasteiger partial charge in [0.25, 0.3) is 0 Å². The Hall–Kier alpha value is -1.49. The minimum absolute atomic E-state index is 0.0113. The summed E-state index contributed by atoms with van der Waals surface area (Å²) in [6.07, 6.45) is 5.53. The van der Waals surface area contributed by atoms with E-state index in [-0.39, 0.29) is 5.91 Å². The van der Waals surface area contributed by atoms with Crippen molar-refractivity contribution in [3.8, 4) is 0 Å². The summed E-state index contributed by atoms with van der Waals surface area (Å²) in [6.45, 7) is 3.80. The van der Waals surface area contributed by atoms with Crippen LogP contribution in [0, 0.1) is 11.6 Å². The van der Waals surface area contributed by atoms with E-state index in [1.807, 2.05) is 0 Å². The van der Waals surface area contributed by atoms with E-state index in [2.05, 4.69) is 4.90 Å². The Bertz CT molecular complexity index is 556. The number of carbonyl (C=O) groups excluding carboxylic acids is 1. The van der Waals surface area contributed by atoms with E-state index in [9.17, 15) is 13.6 Å². The number of likely N-dealkylation sites (tertiary alicyclic amines) is 1. The lowest BCUT2D eigenvalue weighted by Crippen LogP contribution is -2.38. The van der Waals surface area contributed by atoms with Gasteiger partial charge in [-0.2, -0.15) is 0 Å². The minimum atomic E-state index is -0.880. The summed E-state index contributed by atoms with van der Waals surface area (Å²) in [6, 6.07) is 2.40. The lowest BCUT2D eigenvalue weighted by molar-refractivity contribution is -0.118. The molecular weight excluding hydrogens is 286 g/mol. The molecule has 1 aromatic carbocycles. The van der Waals surface area contributed by atoms with Gasteiger partial charge >= 0.3 is 0 Å². The van der Waals surface area contributed by atoms with Crippen molar-refractivity contribution in [1.82, 2.24) is 4.90 Å². The van der Waals surface area contributed by atoms with Gasteiger partial charge in [0.15, 0.2) is 11.6 Å². The Morgan fingerprint density at radius 1 is 0.955 bits per heavy atom. The quantitative estimate of drug-likeness (QED) is 0.853. The van der Waals surface area contributed by atoms with Gasteiger partial charge in [-0.3, -0.25) is 4.79 Å². The van der Waals surface area contributed by atoms with Gasteiger partial charge in [-0.15, -0.1) is 0 Å². The number of hydrogen-bond donors (Lipinski definition) is 0. The third-order valence-electron chi connectivity index (χ3n) is 4.63. The average molecular weight is 308 g/mol. The van der Waals surface area contributed by atoms with E-state index in [1.54, 1.807) is 4.90 Å². The summed E-state index contributed by atoms with van der Waals surface area (Å²) in [4.78, 5) is 16.2. The highest BCUT2D eigenvalue weighted by atomic mass is 19.2. The maximum absolute atomic E-state index is 13.5. The van der Waals surface area contributed by atoms with E-state index in [1.165, 1.54) is 31.4 Å². The molecule has 5 heteroatoms. The number of anilines is 1. The summed E-state index contributed by atoms with van der Waals surface area (Å²) >= 11 is 0. The van der Waals surface area contributed by atoms with Gasteiger partial charge in [0.1, 0.15) is 0 Å². The first-order valence-corrected chi connectivity index (χ1v) is 8.16. The van der Waals surface area contributed by atoms with Crippen LogP contribution < -0.4 is 4.90 Å². The summed E-state index contributed by atoms with van der Waals surface area (Å²) in [7, 11) is 0. The normalized spacial score (nSPS) is 19.4. The topological polar surface area (TPSA) is 23.6 Å². The molecule has 120 valence electrons. The summed E-state index contributed by atoms with van der Waals surface area (Å²) < 4.78 is 26.8. The number of benzene rings is 1. The minimum Gasteiger partial charge on any atom is -0.312 e. The van der Waals surface area contributed by atoms with Crippen LogP contribution >= 0.6 is 0 Å². The predicted octanol–water partition coefficient (Wildman–Crippen LogP) is 3.12. The van der Waals surface area contributed by atoms with E-state index in [0.717, 1.165) is 31.6 Å². The molecule has 3 rings (SSSR count). The van der Waals surface area contributed by atoms with Crippen molar-refractivity contribution in [3.05, 3.63) is 29.3 Å². The second-order valence-electron chi connectivity index (χ2n) is 6.20. The van der Waals surface area contributed by atoms with E-state index in [0.29, 0.717) is 25.1 Å². The van der Waals surface area contributed by atoms with Crippen LogP contribution in [0.5, 0.6) is 0 Å². The SMILES string of the molecule is O=C1CCc2cc(F)c(F)cc2N1CCCN1CCCCC1. The molecule has 1 fully saturated rings. The Morgan fingerprint density at radius 3 is 2.45 bits per heavy atom. The number of hydrogen-bond acceptors (Lipinski definition) is 2. The number of aryl methyl sites for hydroxylation is 1. The zero-order chi connectivity index (χ0) is 15.5. The van der Waals surface area contributed by atoms with Crippen molar-refractivity contribution in [2.45, 2.75) is 38.5 Å². The first kappa shape index (κ1) is 15.4. The van der Waals surface area contributed by atoms with Gasteiger partial charge in [-0.1, -0.05) is 6.42 Å². The highest BCUT2D eigenvalue weighted by molar-refractivity contribution is 5.96. The number of amides is 1. The van der Waals surface area contributed by atoms with Crippen LogP contribution in [-0.2, 0) is 11.2 Å². The molecule has 0 spiro atoms. The molecule has 0 atom stereocenters. The molecule has 0 bridgehead atoms. The third-order valence-corrected chi connectivity index (χ3v) is 4.63. The zero-order valence-electron chi connectivity index (χ0n) is 12.8. The van der Waals surface area contributed by atoms with E-state index >= 15 is 0 Å². The summed E-state index contributed by atoms with van der Waals surface area (Å²) in [5, 5.41) is 0. The molecule has 0 aromatic heterocycles. The largest absolute Gasteiger partial charge is 0.312 e. The molecule has 2 aliphatic heterocycles. The number of piperidine rings is 1. The number of carbonyl (C=O) groups is 1. The lowest BCUT2D eigenvalue weighted by Gasteiger charge is -2.31. The standard InChI is InChI=1S/C17H22F2N2O/c18-14-11-13-5-6-17(22)21(16(13)12-15(14)19)10-4-9-20-7-2-1-3-8-20/h11-12H,1-10H2. The Kier molecular flexibility index (Phi) is 4.71. The zero-order valence-corrected chi connectivity index (χ0v) is 12.8. The Morgan fingerprint density at radius 2 is 1.68 bits per heavy atom. The molecular formula is C17H22F2N2O. The molecule has 2 aliphatic rings. The molecule has 0 radical (unpaired) electrons. The summed E-state index contributed by atoms with van der Waals surface area (Å²) in [5.41, 5.74) is 1.28. The molecule has 0 saturated carbocycles. The fourth-order valence-electron chi connectivity index (χ4n) is 3.42. The highest BCUT2D eigenvalue weighted by Gasteiger charge is 2.25. The molecule has 0 N–H and O–H groups in total. The molecule has 22 heavy (non-hydrogen) atoms. The number of halogens is 2. The van der Waals surface area contributed by atoms with Gasteiger partial charge in [0.2, 0.25) is 5.91 Å². The second-order valence-corrected chi connectivity index (χ2v) is 6.20. The van der Waals surface area contributed by atoms with E-state index in [4.69, 9.17) is 0 Å². The van der Waals surface area contributed by atoms with E-state index < -0.39 is 11.6 Å². The van der Waals surface area contributed by atoms with Crippen LogP contribution in [0.4, 0.5) is 14.5 Å². The fraction of sp³-hybridized carbons (Fsp3) is 0.588. The van der Waals surface area contributed by atoms with Crippen LogP contribution in [0.25, 0.3) is 0 Å². The van der Waals surface area contributed by atoms with Crippen molar-refractivity contribution in [2.24, 2.45) is 0 Å². The van der Waals surface area contributed by atoms with Crippen LogP contribution in [-0.4, -0.2) is 37.0 Å². The van der Waals surface area contributed by atoms with Gasteiger partial charge in [-0.05, 0) is 56.9 Å². The van der Waals surface area contributed by atoms with Crippen LogP contribution in [0.3, 0.4) is 0 Å². The first-order valence-electron chi connectivity index (χ1n) is 8.16. The van der Waals surface area contributed by atoms with Gasteiger partial charge in [0, 0.05) is 24.7 Å². The van der Waals surface area contributed by atoms with Crippen molar-refractivity contribution in [3.63, 3.8) is 0 Å². The van der Waals surface area contributed by atoms with Gasteiger partial charge in [0.05, 0.1) is 0 Å². The monoisotopic (exact) mass is 308 g/mol. The maximum Gasteiger partial charge on any atom is 0.227 e. The maximum atomic E-state index is 13.5. The lowest BCUT2D eigenvalue weighted by atomic mass is 10.0. The Balaban J connectivity index is 1.65. The van der Waals surface area contributed by atoms with Crippen LogP contribution in [0.1, 0.15) is 37.7 Å². The fourth-order valence-corrected chi connectivity index (χ4v) is 3.42. The smallest absolute Gasteiger partial charge is 0.227 e. The van der Waals surface area contributed by atoms with Crippen molar-refractivity contribution in [1.29, 1.82) is 0 Å². The molecule has 1 saturated heterocycles. The first-order chi connectivity index (χ1) is 10.6. The van der Waals surface area contributed by atoms with Crippen molar-refractivity contribution in [2.75, 3.05) is 31.1 Å². The van der Waals surface area contributed by atoms with Crippen LogP contribution in [0.15, 0.2) is 12.1 Å². The molecule has 0 aliphatic carbocycles. The average Bonchev–Trinajstić information content (AvgIpc) is 2.52. The predicted molar refractivity (Wildman–Crippen MR) is 81.9 cm³/mol. The number of fused-ring (bicyclic) bond motifs is 1. The molecule has 0 unspecified atom stereocenters. The second kappa shape index (κ2) is 6.73. The number of nitrogens with zero attached hydrogens (tertiary/aromatic N) is 2. The van der Waals surface area contributed by atoms with Gasteiger partial charge < -0.3 is 9.80 Å². The number of rotatable bonds is 4. The summed E-state index contributed by atoms with van der Waals surface area (Å²) in [5.74, 6) is -1.70.